The summed E-state index contributed by atoms with van der Waals surface area (Å²) in [6.45, 7) is 0.697. The Morgan fingerprint density at radius 2 is 2.14 bits per heavy atom. The fourth-order valence-electron chi connectivity index (χ4n) is 2.13. The van der Waals surface area contributed by atoms with Crippen molar-refractivity contribution in [1.82, 2.24) is 5.32 Å². The van der Waals surface area contributed by atoms with Crippen LogP contribution in [0.2, 0.25) is 0 Å². The summed E-state index contributed by atoms with van der Waals surface area (Å²) in [4.78, 5) is 0. The number of rotatable bonds is 4. The lowest BCUT2D eigenvalue weighted by molar-refractivity contribution is 0.0926. The molecule has 0 aromatic heterocycles. The Labute approximate surface area is 84.2 Å². The van der Waals surface area contributed by atoms with Crippen molar-refractivity contribution < 1.29 is 8.78 Å². The van der Waals surface area contributed by atoms with E-state index in [1.54, 1.807) is 0 Å². The molecule has 3 N–H and O–H groups in total. The minimum Gasteiger partial charge on any atom is -0.327 e. The predicted molar refractivity (Wildman–Crippen MR) is 53.7 cm³/mol. The van der Waals surface area contributed by atoms with Crippen LogP contribution in [0.1, 0.15) is 25.7 Å². The molecule has 1 aliphatic carbocycles. The summed E-state index contributed by atoms with van der Waals surface area (Å²) in [6.07, 6.45) is -0.0774. The molecule has 4 unspecified atom stereocenters. The molecule has 14 heavy (non-hydrogen) atoms. The third-order valence-electron chi connectivity index (χ3n) is 2.91. The summed E-state index contributed by atoms with van der Waals surface area (Å²) in [7, 11) is 1.82. The number of nitrogens with two attached hydrogens (primary N) is 1. The van der Waals surface area contributed by atoms with E-state index in [4.69, 9.17) is 5.73 Å². The lowest BCUT2D eigenvalue weighted by Gasteiger charge is -2.29. The molecule has 4 heteroatoms. The number of hydrogen-bond donors (Lipinski definition) is 2. The summed E-state index contributed by atoms with van der Waals surface area (Å²) in [5.41, 5.74) is 5.79. The van der Waals surface area contributed by atoms with Crippen LogP contribution in [0, 0.1) is 5.92 Å². The predicted octanol–water partition coefficient (Wildman–Crippen LogP) is 1.40. The fourth-order valence-corrected chi connectivity index (χ4v) is 2.13. The SMILES string of the molecule is CNCC(N)CC1CCC(F)CC1F. The Morgan fingerprint density at radius 3 is 2.71 bits per heavy atom. The molecule has 0 heterocycles. The molecule has 1 saturated carbocycles. The van der Waals surface area contributed by atoms with Crippen LogP contribution in [0.5, 0.6) is 0 Å². The van der Waals surface area contributed by atoms with E-state index < -0.39 is 12.3 Å². The highest BCUT2D eigenvalue weighted by atomic mass is 19.1. The lowest BCUT2D eigenvalue weighted by Crippen LogP contribution is -2.37. The van der Waals surface area contributed by atoms with E-state index in [2.05, 4.69) is 5.32 Å². The summed E-state index contributed by atoms with van der Waals surface area (Å²) in [5, 5.41) is 2.96. The van der Waals surface area contributed by atoms with Crippen LogP contribution in [0.3, 0.4) is 0 Å². The Hall–Kier alpha value is -0.220. The third-order valence-corrected chi connectivity index (χ3v) is 2.91. The largest absolute Gasteiger partial charge is 0.327 e. The Bertz CT molecular complexity index is 166. The van der Waals surface area contributed by atoms with Crippen molar-refractivity contribution in [3.05, 3.63) is 0 Å². The second kappa shape index (κ2) is 5.61. The molecule has 1 aliphatic rings. The van der Waals surface area contributed by atoms with E-state index in [1.165, 1.54) is 0 Å². The molecule has 2 nitrogen and oxygen atoms in total. The van der Waals surface area contributed by atoms with Gasteiger partial charge in [-0.2, -0.15) is 0 Å². The normalized spacial score (nSPS) is 35.6. The van der Waals surface area contributed by atoms with E-state index in [1.807, 2.05) is 7.05 Å². The first-order chi connectivity index (χ1) is 6.63. The fraction of sp³-hybridized carbons (Fsp3) is 1.00. The van der Waals surface area contributed by atoms with Gasteiger partial charge in [-0.3, -0.25) is 0 Å². The molecular formula is C10H20F2N2. The van der Waals surface area contributed by atoms with Crippen molar-refractivity contribution in [2.24, 2.45) is 11.7 Å². The van der Waals surface area contributed by atoms with Crippen LogP contribution in [-0.2, 0) is 0 Å². The summed E-state index contributed by atoms with van der Waals surface area (Å²) in [6, 6.07) is -0.0144. The quantitative estimate of drug-likeness (QED) is 0.729. The van der Waals surface area contributed by atoms with Gasteiger partial charge in [0.25, 0.3) is 0 Å². The van der Waals surface area contributed by atoms with Crippen LogP contribution in [0.15, 0.2) is 0 Å². The number of halogens is 2. The highest BCUT2D eigenvalue weighted by Crippen LogP contribution is 2.31. The van der Waals surface area contributed by atoms with Gasteiger partial charge in [-0.05, 0) is 32.2 Å². The van der Waals surface area contributed by atoms with E-state index >= 15 is 0 Å². The van der Waals surface area contributed by atoms with Crippen LogP contribution >= 0.6 is 0 Å². The molecule has 0 saturated heterocycles. The zero-order valence-corrected chi connectivity index (χ0v) is 8.68. The second-order valence-electron chi connectivity index (χ2n) is 4.24. The van der Waals surface area contributed by atoms with Gasteiger partial charge < -0.3 is 11.1 Å². The number of hydrogen-bond acceptors (Lipinski definition) is 2. The molecule has 84 valence electrons. The zero-order chi connectivity index (χ0) is 10.6. The van der Waals surface area contributed by atoms with Gasteiger partial charge in [0.05, 0.1) is 0 Å². The molecule has 0 radical (unpaired) electrons. The van der Waals surface area contributed by atoms with Gasteiger partial charge in [-0.25, -0.2) is 8.78 Å². The van der Waals surface area contributed by atoms with E-state index in [-0.39, 0.29) is 18.4 Å². The molecule has 0 bridgehead atoms. The molecule has 0 aromatic rings. The average Bonchev–Trinajstić information content (AvgIpc) is 2.10. The van der Waals surface area contributed by atoms with Crippen molar-refractivity contribution >= 4 is 0 Å². The van der Waals surface area contributed by atoms with Gasteiger partial charge in [-0.15, -0.1) is 0 Å². The van der Waals surface area contributed by atoms with Crippen molar-refractivity contribution in [3.63, 3.8) is 0 Å². The first-order valence-corrected chi connectivity index (χ1v) is 5.31. The maximum Gasteiger partial charge on any atom is 0.106 e. The maximum atomic E-state index is 13.4. The molecule has 0 aliphatic heterocycles. The first kappa shape index (κ1) is 11.9. The molecule has 0 aromatic carbocycles. The standard InChI is InChI=1S/C10H20F2N2/c1-14-6-9(13)4-7-2-3-8(11)5-10(7)12/h7-10,14H,2-6,13H2,1H3. The molecule has 1 rings (SSSR count). The highest BCUT2D eigenvalue weighted by molar-refractivity contribution is 4.83. The van der Waals surface area contributed by atoms with E-state index in [0.29, 0.717) is 25.8 Å². The molecule has 0 spiro atoms. The van der Waals surface area contributed by atoms with Crippen LogP contribution < -0.4 is 11.1 Å². The van der Waals surface area contributed by atoms with Crippen LogP contribution in [0.25, 0.3) is 0 Å². The Kier molecular flexibility index (Phi) is 4.75. The zero-order valence-electron chi connectivity index (χ0n) is 8.68. The van der Waals surface area contributed by atoms with Crippen molar-refractivity contribution in [3.8, 4) is 0 Å². The number of nitrogens with one attached hydrogen (secondary N) is 1. The minimum absolute atomic E-state index is 0.0144. The van der Waals surface area contributed by atoms with Gasteiger partial charge in [-0.1, -0.05) is 0 Å². The van der Waals surface area contributed by atoms with E-state index in [9.17, 15) is 8.78 Å². The Morgan fingerprint density at radius 1 is 1.43 bits per heavy atom. The van der Waals surface area contributed by atoms with Crippen molar-refractivity contribution in [2.75, 3.05) is 13.6 Å². The van der Waals surface area contributed by atoms with Gasteiger partial charge >= 0.3 is 0 Å². The van der Waals surface area contributed by atoms with Crippen LogP contribution in [-0.4, -0.2) is 32.0 Å². The maximum absolute atomic E-state index is 13.4. The molecule has 1 fully saturated rings. The van der Waals surface area contributed by atoms with Crippen molar-refractivity contribution in [1.29, 1.82) is 0 Å². The summed E-state index contributed by atoms with van der Waals surface area (Å²) >= 11 is 0. The van der Waals surface area contributed by atoms with Gasteiger partial charge in [0.15, 0.2) is 0 Å². The van der Waals surface area contributed by atoms with Gasteiger partial charge in [0.1, 0.15) is 12.3 Å². The lowest BCUT2D eigenvalue weighted by atomic mass is 9.82. The van der Waals surface area contributed by atoms with Crippen molar-refractivity contribution in [2.45, 2.75) is 44.1 Å². The molecule has 0 amide bonds. The first-order valence-electron chi connectivity index (χ1n) is 5.31. The third kappa shape index (κ3) is 3.50. The van der Waals surface area contributed by atoms with Gasteiger partial charge in [0, 0.05) is 19.0 Å². The smallest absolute Gasteiger partial charge is 0.106 e. The van der Waals surface area contributed by atoms with Gasteiger partial charge in [0.2, 0.25) is 0 Å². The van der Waals surface area contributed by atoms with E-state index in [0.717, 1.165) is 0 Å². The topological polar surface area (TPSA) is 38.0 Å². The number of alkyl halides is 2. The average molecular weight is 206 g/mol. The minimum atomic E-state index is -0.998. The monoisotopic (exact) mass is 206 g/mol. The Balaban J connectivity index is 2.29. The molecular weight excluding hydrogens is 186 g/mol. The number of likely N-dealkylation sites (N-methyl/N-ethyl adjacent to an activating group) is 1. The summed E-state index contributed by atoms with van der Waals surface area (Å²) < 4.78 is 26.2. The highest BCUT2D eigenvalue weighted by Gasteiger charge is 2.31. The molecule has 4 atom stereocenters. The second-order valence-corrected chi connectivity index (χ2v) is 4.24. The van der Waals surface area contributed by atoms with Crippen LogP contribution in [0.4, 0.5) is 8.78 Å². The summed E-state index contributed by atoms with van der Waals surface area (Å²) in [5.74, 6) is -0.0367.